The van der Waals surface area contributed by atoms with Crippen LogP contribution in [0.3, 0.4) is 0 Å². The van der Waals surface area contributed by atoms with Gasteiger partial charge in [0.1, 0.15) is 5.75 Å². The molecule has 0 aliphatic carbocycles. The molecule has 1 N–H and O–H groups in total. The Bertz CT molecular complexity index is 1170. The molecule has 0 saturated carbocycles. The summed E-state index contributed by atoms with van der Waals surface area (Å²) in [6, 6.07) is 18.2. The summed E-state index contributed by atoms with van der Waals surface area (Å²) in [5, 5.41) is 9.36. The minimum atomic E-state index is -1.26. The Balaban J connectivity index is 1.69. The van der Waals surface area contributed by atoms with Crippen molar-refractivity contribution in [3.05, 3.63) is 95.1 Å². The zero-order chi connectivity index (χ0) is 20.5. The van der Waals surface area contributed by atoms with E-state index in [1.165, 1.54) is 42.5 Å². The second-order valence-electron chi connectivity index (χ2n) is 6.23. The second-order valence-corrected chi connectivity index (χ2v) is 6.23. The summed E-state index contributed by atoms with van der Waals surface area (Å²) in [6.07, 6.45) is 0. The number of carbonyl (C=O) groups excluding carboxylic acids is 3. The standard InChI is InChI=1S/C22H13NO6/c24-19-15-11-10-13(22(28)29-14-6-2-1-3-7-14)12-17(15)20(25)23(19)18-9-5-4-8-16(18)21(26)27/h1-12H,(H,26,27). The maximum absolute atomic E-state index is 12.9. The molecule has 0 fully saturated rings. The normalized spacial score (nSPS) is 12.6. The maximum atomic E-state index is 12.9. The van der Waals surface area contributed by atoms with Gasteiger partial charge in [-0.25, -0.2) is 14.5 Å². The summed E-state index contributed by atoms with van der Waals surface area (Å²) >= 11 is 0. The van der Waals surface area contributed by atoms with Gasteiger partial charge in [-0.1, -0.05) is 30.3 Å². The van der Waals surface area contributed by atoms with E-state index in [-0.39, 0.29) is 27.9 Å². The minimum Gasteiger partial charge on any atom is -0.478 e. The molecule has 4 rings (SSSR count). The number of anilines is 1. The molecule has 3 aromatic carbocycles. The molecule has 0 atom stereocenters. The first-order valence-corrected chi connectivity index (χ1v) is 8.60. The van der Waals surface area contributed by atoms with Crippen molar-refractivity contribution >= 4 is 29.4 Å². The summed E-state index contributed by atoms with van der Waals surface area (Å²) in [7, 11) is 0. The van der Waals surface area contributed by atoms with E-state index in [9.17, 15) is 24.3 Å². The second kappa shape index (κ2) is 7.05. The van der Waals surface area contributed by atoms with Gasteiger partial charge in [0.15, 0.2) is 0 Å². The van der Waals surface area contributed by atoms with Crippen molar-refractivity contribution in [1.82, 2.24) is 0 Å². The molecule has 0 unspecified atom stereocenters. The molecule has 7 heteroatoms. The van der Waals surface area contributed by atoms with Crippen LogP contribution in [0.1, 0.15) is 41.4 Å². The van der Waals surface area contributed by atoms with E-state index >= 15 is 0 Å². The zero-order valence-electron chi connectivity index (χ0n) is 14.9. The molecule has 0 radical (unpaired) electrons. The van der Waals surface area contributed by atoms with E-state index < -0.39 is 23.8 Å². The Morgan fingerprint density at radius 3 is 2.17 bits per heavy atom. The number of fused-ring (bicyclic) bond motifs is 1. The number of carboxylic acids is 1. The molecule has 1 aliphatic rings. The summed E-state index contributed by atoms with van der Waals surface area (Å²) < 4.78 is 5.26. The maximum Gasteiger partial charge on any atom is 0.343 e. The Labute approximate surface area is 164 Å². The van der Waals surface area contributed by atoms with Crippen molar-refractivity contribution in [3.8, 4) is 5.75 Å². The molecule has 142 valence electrons. The van der Waals surface area contributed by atoms with Gasteiger partial charge in [0, 0.05) is 0 Å². The van der Waals surface area contributed by atoms with Gasteiger partial charge in [0.2, 0.25) is 0 Å². The molecule has 1 heterocycles. The number of aromatic carboxylic acids is 1. The third-order valence-corrected chi connectivity index (χ3v) is 4.45. The molecule has 0 bridgehead atoms. The number of amides is 2. The van der Waals surface area contributed by atoms with E-state index in [4.69, 9.17) is 4.74 Å². The highest BCUT2D eigenvalue weighted by Crippen LogP contribution is 2.31. The molecular weight excluding hydrogens is 374 g/mol. The average Bonchev–Trinajstić information content (AvgIpc) is 2.98. The number of benzene rings is 3. The molecule has 7 nitrogen and oxygen atoms in total. The van der Waals surface area contributed by atoms with Crippen LogP contribution in [-0.4, -0.2) is 28.9 Å². The number of hydrogen-bond donors (Lipinski definition) is 1. The highest BCUT2D eigenvalue weighted by Gasteiger charge is 2.38. The molecule has 1 aliphatic heterocycles. The van der Waals surface area contributed by atoms with Crippen molar-refractivity contribution in [3.63, 3.8) is 0 Å². The number of para-hydroxylation sites is 2. The van der Waals surface area contributed by atoms with Crippen molar-refractivity contribution in [2.45, 2.75) is 0 Å². The zero-order valence-corrected chi connectivity index (χ0v) is 14.9. The van der Waals surface area contributed by atoms with Crippen LogP contribution < -0.4 is 9.64 Å². The number of hydrogen-bond acceptors (Lipinski definition) is 5. The molecule has 0 spiro atoms. The number of nitrogens with zero attached hydrogens (tertiary/aromatic N) is 1. The Morgan fingerprint density at radius 1 is 0.793 bits per heavy atom. The molecule has 0 saturated heterocycles. The van der Waals surface area contributed by atoms with Gasteiger partial charge in [-0.05, 0) is 42.5 Å². The van der Waals surface area contributed by atoms with Gasteiger partial charge in [-0.2, -0.15) is 0 Å². The Morgan fingerprint density at radius 2 is 1.45 bits per heavy atom. The fourth-order valence-electron chi connectivity index (χ4n) is 3.09. The number of carboxylic acid groups (broad SMARTS) is 1. The van der Waals surface area contributed by atoms with Crippen molar-refractivity contribution in [2.75, 3.05) is 4.90 Å². The van der Waals surface area contributed by atoms with Crippen molar-refractivity contribution < 1.29 is 29.0 Å². The fourth-order valence-corrected chi connectivity index (χ4v) is 3.09. The quantitative estimate of drug-likeness (QED) is 0.418. The van der Waals surface area contributed by atoms with Crippen LogP contribution >= 0.6 is 0 Å². The number of imide groups is 1. The molecular formula is C22H13NO6. The minimum absolute atomic E-state index is 0.0118. The first kappa shape index (κ1) is 18.1. The number of rotatable bonds is 4. The van der Waals surface area contributed by atoms with E-state index in [0.717, 1.165) is 4.90 Å². The number of esters is 1. The third-order valence-electron chi connectivity index (χ3n) is 4.45. The SMILES string of the molecule is O=C(Oc1ccccc1)c1ccc2c(c1)C(=O)N(c1ccccc1C(=O)O)C2=O. The summed E-state index contributed by atoms with van der Waals surface area (Å²) in [6.45, 7) is 0. The molecule has 2 amide bonds. The first-order chi connectivity index (χ1) is 14.0. The van der Waals surface area contributed by atoms with Crippen LogP contribution in [0.4, 0.5) is 5.69 Å². The van der Waals surface area contributed by atoms with Crippen molar-refractivity contribution in [1.29, 1.82) is 0 Å². The third kappa shape index (κ3) is 3.14. The molecule has 3 aromatic rings. The highest BCUT2D eigenvalue weighted by molar-refractivity contribution is 6.35. The highest BCUT2D eigenvalue weighted by atomic mass is 16.5. The van der Waals surface area contributed by atoms with Gasteiger partial charge >= 0.3 is 11.9 Å². The predicted octanol–water partition coefficient (Wildman–Crippen LogP) is 3.40. The van der Waals surface area contributed by atoms with Gasteiger partial charge in [0.05, 0.1) is 27.9 Å². The smallest absolute Gasteiger partial charge is 0.343 e. The summed E-state index contributed by atoms with van der Waals surface area (Å²) in [5.41, 5.74) is -0.00314. The van der Waals surface area contributed by atoms with Crippen LogP contribution in [0.5, 0.6) is 5.75 Å². The predicted molar refractivity (Wildman–Crippen MR) is 102 cm³/mol. The van der Waals surface area contributed by atoms with Crippen LogP contribution in [0.25, 0.3) is 0 Å². The molecule has 0 aromatic heterocycles. The number of ether oxygens (including phenoxy) is 1. The lowest BCUT2D eigenvalue weighted by atomic mass is 10.1. The van der Waals surface area contributed by atoms with Crippen LogP contribution in [0.2, 0.25) is 0 Å². The lowest BCUT2D eigenvalue weighted by Gasteiger charge is -2.16. The van der Waals surface area contributed by atoms with E-state index in [2.05, 4.69) is 0 Å². The van der Waals surface area contributed by atoms with E-state index in [1.807, 2.05) is 0 Å². The first-order valence-electron chi connectivity index (χ1n) is 8.60. The monoisotopic (exact) mass is 387 g/mol. The lowest BCUT2D eigenvalue weighted by molar-refractivity contribution is 0.0695. The van der Waals surface area contributed by atoms with Crippen LogP contribution in [-0.2, 0) is 0 Å². The van der Waals surface area contributed by atoms with Gasteiger partial charge in [-0.3, -0.25) is 9.59 Å². The van der Waals surface area contributed by atoms with Crippen molar-refractivity contribution in [2.24, 2.45) is 0 Å². The Kier molecular flexibility index (Phi) is 4.40. The summed E-state index contributed by atoms with van der Waals surface area (Å²) in [4.78, 5) is 50.3. The summed E-state index contributed by atoms with van der Waals surface area (Å²) in [5.74, 6) is -2.94. The van der Waals surface area contributed by atoms with E-state index in [1.54, 1.807) is 30.3 Å². The largest absolute Gasteiger partial charge is 0.478 e. The topological polar surface area (TPSA) is 101 Å². The van der Waals surface area contributed by atoms with Gasteiger partial charge < -0.3 is 9.84 Å². The average molecular weight is 387 g/mol. The van der Waals surface area contributed by atoms with Crippen LogP contribution in [0, 0.1) is 0 Å². The fraction of sp³-hybridized carbons (Fsp3) is 0. The Hall–Kier alpha value is -4.26. The van der Waals surface area contributed by atoms with Crippen LogP contribution in [0.15, 0.2) is 72.8 Å². The molecule has 29 heavy (non-hydrogen) atoms. The van der Waals surface area contributed by atoms with Gasteiger partial charge in [0.25, 0.3) is 11.8 Å². The number of carbonyl (C=O) groups is 4. The lowest BCUT2D eigenvalue weighted by Crippen LogP contribution is -2.30. The van der Waals surface area contributed by atoms with Gasteiger partial charge in [-0.15, -0.1) is 0 Å². The van der Waals surface area contributed by atoms with E-state index in [0.29, 0.717) is 5.75 Å².